The topological polar surface area (TPSA) is 12.4 Å². The molecule has 42 valence electrons. The number of hydrogen-bond acceptors (Lipinski definition) is 1. The molecule has 0 radical (unpaired) electrons. The van der Waals surface area contributed by atoms with Gasteiger partial charge < -0.3 is 0 Å². The molecule has 0 unspecified atom stereocenters. The van der Waals surface area contributed by atoms with Gasteiger partial charge in [-0.2, -0.15) is 0 Å². The van der Waals surface area contributed by atoms with Crippen LogP contribution in [0, 0.1) is 0 Å². The number of rotatable bonds is 1. The highest BCUT2D eigenvalue weighted by molar-refractivity contribution is 5.80. The first kappa shape index (κ1) is 5.29. The highest BCUT2D eigenvalue weighted by atomic mass is 14.8. The summed E-state index contributed by atoms with van der Waals surface area (Å²) in [5.74, 6) is 0. The first-order valence-corrected chi connectivity index (χ1v) is 2.68. The number of aliphatic imine (C=N–C) groups is 1. The van der Waals surface area contributed by atoms with Gasteiger partial charge in [0.15, 0.2) is 0 Å². The van der Waals surface area contributed by atoms with Crippen molar-refractivity contribution in [1.29, 1.82) is 0 Å². The number of hydrogen-bond donors (Lipinski definition) is 0. The van der Waals surface area contributed by atoms with Crippen LogP contribution in [0.3, 0.4) is 0 Å². The van der Waals surface area contributed by atoms with E-state index < -0.39 is 0 Å². The third kappa shape index (κ3) is 1.06. The molecule has 0 N–H and O–H groups in total. The molecule has 8 heavy (non-hydrogen) atoms. The molecule has 0 saturated carbocycles. The Bertz CT molecular complexity index is 169. The fourth-order valence-corrected chi connectivity index (χ4v) is 0.542. The predicted molar refractivity (Wildman–Crippen MR) is 36.0 cm³/mol. The van der Waals surface area contributed by atoms with Crippen molar-refractivity contribution in [2.45, 2.75) is 13.8 Å². The maximum atomic E-state index is 3.97. The minimum absolute atomic E-state index is 1.09. The van der Waals surface area contributed by atoms with Crippen molar-refractivity contribution >= 4 is 6.21 Å². The molecule has 0 spiro atoms. The molecule has 0 aromatic carbocycles. The van der Waals surface area contributed by atoms with Gasteiger partial charge in [0.25, 0.3) is 0 Å². The Morgan fingerprint density at radius 3 is 2.38 bits per heavy atom. The maximum absolute atomic E-state index is 3.97. The van der Waals surface area contributed by atoms with Crippen molar-refractivity contribution in [3.05, 3.63) is 23.4 Å². The van der Waals surface area contributed by atoms with Gasteiger partial charge in [-0.25, -0.2) is 0 Å². The van der Waals surface area contributed by atoms with E-state index in [0.717, 1.165) is 5.70 Å². The largest absolute Gasteiger partial charge is 0.257 e. The van der Waals surface area contributed by atoms with Gasteiger partial charge in [-0.05, 0) is 26.0 Å². The predicted octanol–water partition coefficient (Wildman–Crippen LogP) is 1.92. The average Bonchev–Trinajstić information content (AvgIpc) is 1.55. The lowest BCUT2D eigenvalue weighted by atomic mass is 10.2. The highest BCUT2D eigenvalue weighted by Crippen LogP contribution is 2.07. The van der Waals surface area contributed by atoms with E-state index in [2.05, 4.69) is 24.9 Å². The second-order valence-electron chi connectivity index (χ2n) is 2.09. The van der Waals surface area contributed by atoms with Gasteiger partial charge in [0.2, 0.25) is 0 Å². The smallest absolute Gasteiger partial charge is 0.0644 e. The summed E-state index contributed by atoms with van der Waals surface area (Å²) in [6.45, 7) is 4.13. The van der Waals surface area contributed by atoms with E-state index in [1.165, 1.54) is 5.57 Å². The molecule has 0 amide bonds. The standard InChI is InChI=1S/C7H9N/c1-6(2)5-7-3-4-8-7/h3-5H,1-2H3. The van der Waals surface area contributed by atoms with Gasteiger partial charge in [-0.15, -0.1) is 0 Å². The Morgan fingerprint density at radius 2 is 2.25 bits per heavy atom. The molecule has 1 heterocycles. The molecule has 0 atom stereocenters. The number of allylic oxidation sites excluding steroid dienone is 3. The third-order valence-electron chi connectivity index (χ3n) is 0.905. The SMILES string of the molecule is CC(C)=CC1=CC=N1. The van der Waals surface area contributed by atoms with E-state index in [0.29, 0.717) is 0 Å². The van der Waals surface area contributed by atoms with E-state index in [1.807, 2.05) is 6.08 Å². The van der Waals surface area contributed by atoms with Gasteiger partial charge >= 0.3 is 0 Å². The second kappa shape index (κ2) is 1.95. The summed E-state index contributed by atoms with van der Waals surface area (Å²) in [5.41, 5.74) is 2.39. The quantitative estimate of drug-likeness (QED) is 0.485. The first-order valence-electron chi connectivity index (χ1n) is 2.68. The summed E-state index contributed by atoms with van der Waals surface area (Å²) >= 11 is 0. The van der Waals surface area contributed by atoms with Crippen LogP contribution in [0.15, 0.2) is 28.4 Å². The molecular formula is C7H9N. The molecule has 1 rings (SSSR count). The Kier molecular flexibility index (Phi) is 1.29. The van der Waals surface area contributed by atoms with Crippen LogP contribution in [0.25, 0.3) is 0 Å². The van der Waals surface area contributed by atoms with Crippen molar-refractivity contribution in [2.75, 3.05) is 0 Å². The lowest BCUT2D eigenvalue weighted by Crippen LogP contribution is -1.85. The van der Waals surface area contributed by atoms with Crippen molar-refractivity contribution < 1.29 is 0 Å². The molecule has 0 aliphatic carbocycles. The zero-order valence-electron chi connectivity index (χ0n) is 5.18. The zero-order chi connectivity index (χ0) is 5.98. The van der Waals surface area contributed by atoms with Crippen LogP contribution in [-0.2, 0) is 0 Å². The molecule has 1 nitrogen and oxygen atoms in total. The Hall–Kier alpha value is -0.850. The highest BCUT2D eigenvalue weighted by Gasteiger charge is 1.91. The molecule has 1 aliphatic rings. The van der Waals surface area contributed by atoms with Gasteiger partial charge in [-0.1, -0.05) is 5.57 Å². The minimum Gasteiger partial charge on any atom is -0.257 e. The van der Waals surface area contributed by atoms with E-state index in [4.69, 9.17) is 0 Å². The second-order valence-corrected chi connectivity index (χ2v) is 2.09. The summed E-state index contributed by atoms with van der Waals surface area (Å²) in [5, 5.41) is 0. The Labute approximate surface area is 49.4 Å². The van der Waals surface area contributed by atoms with Crippen molar-refractivity contribution in [3.63, 3.8) is 0 Å². The van der Waals surface area contributed by atoms with E-state index in [1.54, 1.807) is 6.21 Å². The van der Waals surface area contributed by atoms with Gasteiger partial charge in [-0.3, -0.25) is 4.99 Å². The van der Waals surface area contributed by atoms with Crippen LogP contribution >= 0.6 is 0 Å². The molecule has 1 aliphatic heterocycles. The van der Waals surface area contributed by atoms with Crippen LogP contribution in [0.5, 0.6) is 0 Å². The van der Waals surface area contributed by atoms with Crippen molar-refractivity contribution in [2.24, 2.45) is 4.99 Å². The molecule has 0 aromatic heterocycles. The molecule has 1 heteroatoms. The number of nitrogens with zero attached hydrogens (tertiary/aromatic N) is 1. The normalized spacial score (nSPS) is 14.5. The van der Waals surface area contributed by atoms with Crippen LogP contribution in [0.1, 0.15) is 13.8 Å². The molecule has 0 saturated heterocycles. The van der Waals surface area contributed by atoms with Crippen LogP contribution in [-0.4, -0.2) is 6.21 Å². The maximum Gasteiger partial charge on any atom is 0.0644 e. The van der Waals surface area contributed by atoms with Crippen LogP contribution in [0.2, 0.25) is 0 Å². The van der Waals surface area contributed by atoms with Gasteiger partial charge in [0, 0.05) is 6.21 Å². The summed E-state index contributed by atoms with van der Waals surface area (Å²) in [7, 11) is 0. The fraction of sp³-hybridized carbons (Fsp3) is 0.286. The monoisotopic (exact) mass is 107 g/mol. The Balaban J connectivity index is 2.52. The lowest BCUT2D eigenvalue weighted by molar-refractivity contribution is 1.30. The molecule has 0 fully saturated rings. The van der Waals surface area contributed by atoms with Gasteiger partial charge in [0.05, 0.1) is 5.70 Å². The lowest BCUT2D eigenvalue weighted by Gasteiger charge is -1.98. The van der Waals surface area contributed by atoms with E-state index in [-0.39, 0.29) is 0 Å². The zero-order valence-corrected chi connectivity index (χ0v) is 5.18. The minimum atomic E-state index is 1.09. The average molecular weight is 107 g/mol. The van der Waals surface area contributed by atoms with Crippen molar-refractivity contribution in [3.8, 4) is 0 Å². The Morgan fingerprint density at radius 1 is 1.62 bits per heavy atom. The molecule has 0 aromatic rings. The fourth-order valence-electron chi connectivity index (χ4n) is 0.542. The van der Waals surface area contributed by atoms with Crippen LogP contribution in [0.4, 0.5) is 0 Å². The van der Waals surface area contributed by atoms with Gasteiger partial charge in [0.1, 0.15) is 0 Å². The summed E-state index contributed by atoms with van der Waals surface area (Å²) in [6.07, 6.45) is 5.85. The molecular weight excluding hydrogens is 98.1 g/mol. The summed E-state index contributed by atoms with van der Waals surface area (Å²) in [4.78, 5) is 3.97. The summed E-state index contributed by atoms with van der Waals surface area (Å²) < 4.78 is 0. The van der Waals surface area contributed by atoms with Crippen LogP contribution < -0.4 is 0 Å². The summed E-state index contributed by atoms with van der Waals surface area (Å²) in [6, 6.07) is 0. The first-order chi connectivity index (χ1) is 3.79. The third-order valence-corrected chi connectivity index (χ3v) is 0.905. The van der Waals surface area contributed by atoms with E-state index >= 15 is 0 Å². The van der Waals surface area contributed by atoms with Crippen molar-refractivity contribution in [1.82, 2.24) is 0 Å². The molecule has 0 bridgehead atoms. The van der Waals surface area contributed by atoms with E-state index in [9.17, 15) is 0 Å².